The Morgan fingerprint density at radius 1 is 1.42 bits per heavy atom. The first-order valence-corrected chi connectivity index (χ1v) is 9.72. The molecule has 1 fully saturated rings. The molecule has 2 heterocycles. The number of hydrogen-bond donors (Lipinski definition) is 1. The van der Waals surface area contributed by atoms with Gasteiger partial charge in [0.2, 0.25) is 0 Å². The van der Waals surface area contributed by atoms with Gasteiger partial charge in [-0.2, -0.15) is 0 Å². The van der Waals surface area contributed by atoms with Gasteiger partial charge < -0.3 is 19.5 Å². The fourth-order valence-corrected chi connectivity index (χ4v) is 3.17. The van der Waals surface area contributed by atoms with Crippen LogP contribution >= 0.6 is 24.0 Å². The van der Waals surface area contributed by atoms with Gasteiger partial charge in [0.25, 0.3) is 0 Å². The Bertz CT molecular complexity index is 522. The minimum absolute atomic E-state index is 0. The molecule has 2 rings (SSSR count). The van der Waals surface area contributed by atoms with Crippen LogP contribution in [0.15, 0.2) is 11.3 Å². The number of halogens is 1. The maximum absolute atomic E-state index is 5.41. The molecule has 0 spiro atoms. The number of piperidine rings is 1. The summed E-state index contributed by atoms with van der Waals surface area (Å²) in [5.41, 5.74) is 0. The van der Waals surface area contributed by atoms with Crippen LogP contribution in [0.5, 0.6) is 0 Å². The van der Waals surface area contributed by atoms with Crippen molar-refractivity contribution in [3.63, 3.8) is 0 Å². The van der Waals surface area contributed by atoms with Crippen molar-refractivity contribution >= 4 is 29.9 Å². The summed E-state index contributed by atoms with van der Waals surface area (Å²) in [6, 6.07) is 0. The lowest BCUT2D eigenvalue weighted by Crippen LogP contribution is -2.47. The third-order valence-corrected chi connectivity index (χ3v) is 4.52. The number of nitrogens with one attached hydrogen (secondary N) is 1. The van der Waals surface area contributed by atoms with Gasteiger partial charge in [-0.25, -0.2) is 0 Å². The SMILES string of the molecule is CCOCCCN=C(NCCn1cnnc1CC)N1CCCC(C)C1.I. The van der Waals surface area contributed by atoms with Crippen LogP contribution < -0.4 is 5.32 Å². The lowest BCUT2D eigenvalue weighted by Gasteiger charge is -2.33. The van der Waals surface area contributed by atoms with E-state index < -0.39 is 0 Å². The lowest BCUT2D eigenvalue weighted by molar-refractivity contribution is 0.146. The smallest absolute Gasteiger partial charge is 0.193 e. The zero-order valence-corrected chi connectivity index (χ0v) is 18.8. The van der Waals surface area contributed by atoms with Crippen molar-refractivity contribution in [1.82, 2.24) is 25.0 Å². The van der Waals surface area contributed by atoms with Gasteiger partial charge in [-0.1, -0.05) is 13.8 Å². The van der Waals surface area contributed by atoms with E-state index in [0.29, 0.717) is 0 Å². The summed E-state index contributed by atoms with van der Waals surface area (Å²) >= 11 is 0. The largest absolute Gasteiger partial charge is 0.382 e. The van der Waals surface area contributed by atoms with Crippen molar-refractivity contribution in [1.29, 1.82) is 0 Å². The van der Waals surface area contributed by atoms with E-state index in [0.717, 1.165) is 76.5 Å². The van der Waals surface area contributed by atoms with E-state index >= 15 is 0 Å². The average Bonchev–Trinajstić information content (AvgIpc) is 3.07. The van der Waals surface area contributed by atoms with Gasteiger partial charge in [0.15, 0.2) is 5.96 Å². The van der Waals surface area contributed by atoms with Crippen LogP contribution in [0.1, 0.15) is 45.9 Å². The van der Waals surface area contributed by atoms with E-state index in [9.17, 15) is 0 Å². The molecule has 1 aliphatic heterocycles. The van der Waals surface area contributed by atoms with E-state index in [1.165, 1.54) is 12.8 Å². The zero-order chi connectivity index (χ0) is 17.9. The summed E-state index contributed by atoms with van der Waals surface area (Å²) in [5, 5.41) is 11.7. The lowest BCUT2D eigenvalue weighted by atomic mass is 10.0. The molecule has 1 saturated heterocycles. The van der Waals surface area contributed by atoms with E-state index in [2.05, 4.69) is 38.8 Å². The summed E-state index contributed by atoms with van der Waals surface area (Å²) in [4.78, 5) is 7.23. The Hall–Kier alpha value is -0.900. The maximum atomic E-state index is 5.41. The number of aromatic nitrogens is 3. The normalized spacial score (nSPS) is 17.9. The summed E-state index contributed by atoms with van der Waals surface area (Å²) in [5.74, 6) is 2.80. The number of guanidine groups is 1. The quantitative estimate of drug-likeness (QED) is 0.256. The van der Waals surface area contributed by atoms with Crippen molar-refractivity contribution in [2.45, 2.75) is 53.0 Å². The minimum atomic E-state index is 0. The monoisotopic (exact) mass is 478 g/mol. The molecule has 0 radical (unpaired) electrons. The Balaban J connectivity index is 0.00000338. The molecule has 150 valence electrons. The van der Waals surface area contributed by atoms with Crippen molar-refractivity contribution in [2.24, 2.45) is 10.9 Å². The Morgan fingerprint density at radius 3 is 3.00 bits per heavy atom. The van der Waals surface area contributed by atoms with Gasteiger partial charge in [0.05, 0.1) is 0 Å². The van der Waals surface area contributed by atoms with E-state index in [4.69, 9.17) is 9.73 Å². The predicted molar refractivity (Wildman–Crippen MR) is 116 cm³/mol. The molecule has 0 saturated carbocycles. The molecule has 1 N–H and O–H groups in total. The highest BCUT2D eigenvalue weighted by molar-refractivity contribution is 14.0. The molecule has 1 aromatic rings. The third-order valence-electron chi connectivity index (χ3n) is 4.52. The van der Waals surface area contributed by atoms with Gasteiger partial charge in [0, 0.05) is 52.4 Å². The highest BCUT2D eigenvalue weighted by atomic mass is 127. The molecule has 7 nitrogen and oxygen atoms in total. The van der Waals surface area contributed by atoms with Crippen LogP contribution in [0.2, 0.25) is 0 Å². The first-order valence-electron chi connectivity index (χ1n) is 9.72. The molecule has 26 heavy (non-hydrogen) atoms. The summed E-state index contributed by atoms with van der Waals surface area (Å²) in [6.07, 6.45) is 6.24. The van der Waals surface area contributed by atoms with Crippen molar-refractivity contribution in [3.05, 3.63) is 12.2 Å². The number of aryl methyl sites for hydroxylation is 1. The second kappa shape index (κ2) is 13.3. The standard InChI is InChI=1S/C18H34N6O.HI/c1-4-17-22-21-15-24(17)12-10-20-18(19-9-7-13-25-5-2)23-11-6-8-16(3)14-23;/h15-16H,4-14H2,1-3H3,(H,19,20);1H. The number of hydrogen-bond acceptors (Lipinski definition) is 4. The fraction of sp³-hybridized carbons (Fsp3) is 0.833. The highest BCUT2D eigenvalue weighted by Gasteiger charge is 2.19. The number of ether oxygens (including phenoxy) is 1. The molecule has 8 heteroatoms. The number of nitrogens with zero attached hydrogens (tertiary/aromatic N) is 5. The van der Waals surface area contributed by atoms with Gasteiger partial charge in [-0.05, 0) is 32.1 Å². The molecule has 1 aromatic heterocycles. The predicted octanol–water partition coefficient (Wildman–Crippen LogP) is 2.56. The summed E-state index contributed by atoms with van der Waals surface area (Å²) < 4.78 is 7.52. The summed E-state index contributed by atoms with van der Waals surface area (Å²) in [7, 11) is 0. The van der Waals surface area contributed by atoms with Crippen LogP contribution in [0.4, 0.5) is 0 Å². The van der Waals surface area contributed by atoms with Crippen LogP contribution in [-0.2, 0) is 17.7 Å². The zero-order valence-electron chi connectivity index (χ0n) is 16.5. The molecule has 0 aromatic carbocycles. The molecule has 0 amide bonds. The second-order valence-electron chi connectivity index (χ2n) is 6.67. The topological polar surface area (TPSA) is 67.6 Å². The Kier molecular flexibility index (Phi) is 11.8. The van der Waals surface area contributed by atoms with Crippen molar-refractivity contribution < 1.29 is 4.74 Å². The van der Waals surface area contributed by atoms with Crippen LogP contribution in [0.25, 0.3) is 0 Å². The van der Waals surface area contributed by atoms with E-state index in [1.807, 2.05) is 13.3 Å². The van der Waals surface area contributed by atoms with Crippen molar-refractivity contribution in [3.8, 4) is 0 Å². The molecule has 1 atom stereocenters. The number of rotatable bonds is 9. The van der Waals surface area contributed by atoms with Crippen LogP contribution in [-0.4, -0.2) is 65.0 Å². The van der Waals surface area contributed by atoms with Gasteiger partial charge >= 0.3 is 0 Å². The third kappa shape index (κ3) is 7.77. The molecule has 1 unspecified atom stereocenters. The first-order chi connectivity index (χ1) is 12.2. The second-order valence-corrected chi connectivity index (χ2v) is 6.67. The molecule has 1 aliphatic rings. The molecule has 0 aliphatic carbocycles. The van der Waals surface area contributed by atoms with Gasteiger partial charge in [0.1, 0.15) is 12.2 Å². The first kappa shape index (κ1) is 23.1. The van der Waals surface area contributed by atoms with Gasteiger partial charge in [-0.3, -0.25) is 4.99 Å². The maximum Gasteiger partial charge on any atom is 0.193 e. The Morgan fingerprint density at radius 2 is 2.27 bits per heavy atom. The van der Waals surface area contributed by atoms with Crippen molar-refractivity contribution in [2.75, 3.05) is 39.4 Å². The summed E-state index contributed by atoms with van der Waals surface area (Å²) in [6.45, 7) is 12.7. The molecule has 0 bridgehead atoms. The van der Waals surface area contributed by atoms with Crippen LogP contribution in [0, 0.1) is 5.92 Å². The fourth-order valence-electron chi connectivity index (χ4n) is 3.17. The average molecular weight is 478 g/mol. The highest BCUT2D eigenvalue weighted by Crippen LogP contribution is 2.15. The van der Waals surface area contributed by atoms with E-state index in [-0.39, 0.29) is 24.0 Å². The van der Waals surface area contributed by atoms with Crippen LogP contribution in [0.3, 0.4) is 0 Å². The number of likely N-dealkylation sites (tertiary alicyclic amines) is 1. The molecular formula is C18H35IN6O. The van der Waals surface area contributed by atoms with Gasteiger partial charge in [-0.15, -0.1) is 34.2 Å². The molecular weight excluding hydrogens is 443 g/mol. The Labute approximate surface area is 175 Å². The minimum Gasteiger partial charge on any atom is -0.382 e. The number of aliphatic imine (C=N–C) groups is 1. The van der Waals surface area contributed by atoms with E-state index in [1.54, 1.807) is 0 Å².